The van der Waals surface area contributed by atoms with Crippen molar-refractivity contribution >= 4 is 11.6 Å². The third kappa shape index (κ3) is 4.31. The Labute approximate surface area is 121 Å². The van der Waals surface area contributed by atoms with Crippen LogP contribution < -0.4 is 10.6 Å². The van der Waals surface area contributed by atoms with Crippen molar-refractivity contribution in [3.8, 4) is 0 Å². The second kappa shape index (κ2) is 8.01. The molecule has 1 rings (SSSR count). The van der Waals surface area contributed by atoms with E-state index in [1.807, 2.05) is 14.0 Å². The average Bonchev–Trinajstić information content (AvgIpc) is 2.44. The summed E-state index contributed by atoms with van der Waals surface area (Å²) in [6, 6.07) is 0. The molecule has 0 aliphatic carbocycles. The summed E-state index contributed by atoms with van der Waals surface area (Å²) in [5.41, 5.74) is 1.00. The quantitative estimate of drug-likeness (QED) is 0.760. The molecule has 20 heavy (non-hydrogen) atoms. The van der Waals surface area contributed by atoms with Gasteiger partial charge in [-0.1, -0.05) is 13.8 Å². The Morgan fingerprint density at radius 3 is 2.30 bits per heavy atom. The maximum absolute atomic E-state index is 5.34. The molecule has 0 saturated carbocycles. The van der Waals surface area contributed by atoms with E-state index >= 15 is 0 Å². The number of hydrogen-bond acceptors (Lipinski definition) is 6. The Morgan fingerprint density at radius 2 is 1.80 bits per heavy atom. The Hall–Kier alpha value is -1.40. The van der Waals surface area contributed by atoms with Gasteiger partial charge in [-0.05, 0) is 6.92 Å². The molecule has 0 aromatic carbocycles. The highest BCUT2D eigenvalue weighted by Gasteiger charge is 2.14. The van der Waals surface area contributed by atoms with Crippen LogP contribution in [0.4, 0.5) is 11.6 Å². The first-order valence-electron chi connectivity index (χ1n) is 6.85. The lowest BCUT2D eigenvalue weighted by molar-refractivity contribution is 0.0365. The maximum Gasteiger partial charge on any atom is 0.135 e. The second-order valence-corrected chi connectivity index (χ2v) is 5.00. The van der Waals surface area contributed by atoms with E-state index in [4.69, 9.17) is 9.47 Å². The number of nitrogens with zero attached hydrogens (tertiary/aromatic N) is 2. The van der Waals surface area contributed by atoms with E-state index in [0.717, 1.165) is 23.0 Å². The molecule has 1 aromatic rings. The van der Waals surface area contributed by atoms with Crippen LogP contribution in [0.1, 0.15) is 31.2 Å². The molecular weight excluding hydrogens is 256 g/mol. The van der Waals surface area contributed by atoms with Gasteiger partial charge >= 0.3 is 0 Å². The van der Waals surface area contributed by atoms with Gasteiger partial charge in [-0.15, -0.1) is 0 Å². The minimum absolute atomic E-state index is 0.00472. The van der Waals surface area contributed by atoms with E-state index in [1.54, 1.807) is 14.2 Å². The highest BCUT2D eigenvalue weighted by Crippen LogP contribution is 2.22. The number of nitrogens with one attached hydrogen (secondary N) is 2. The van der Waals surface area contributed by atoms with Crippen LogP contribution >= 0.6 is 0 Å². The van der Waals surface area contributed by atoms with Crippen LogP contribution in [-0.4, -0.2) is 50.5 Å². The molecular formula is C14H26N4O2. The Bertz CT molecular complexity index is 424. The lowest BCUT2D eigenvalue weighted by Crippen LogP contribution is -2.27. The number of ether oxygens (including phenoxy) is 2. The summed E-state index contributed by atoms with van der Waals surface area (Å²) in [5.74, 6) is 2.79. The number of hydrogen-bond donors (Lipinski definition) is 2. The van der Waals surface area contributed by atoms with Crippen molar-refractivity contribution in [3.63, 3.8) is 0 Å². The van der Waals surface area contributed by atoms with Gasteiger partial charge in [-0.25, -0.2) is 9.97 Å². The van der Waals surface area contributed by atoms with Crippen molar-refractivity contribution in [2.75, 3.05) is 45.1 Å². The molecule has 1 heterocycles. The fourth-order valence-electron chi connectivity index (χ4n) is 1.81. The molecule has 0 amide bonds. The number of rotatable bonds is 8. The van der Waals surface area contributed by atoms with Gasteiger partial charge in [0.25, 0.3) is 0 Å². The zero-order valence-corrected chi connectivity index (χ0v) is 13.3. The van der Waals surface area contributed by atoms with Crippen LogP contribution in [0.15, 0.2) is 0 Å². The molecule has 0 bridgehead atoms. The van der Waals surface area contributed by atoms with E-state index in [2.05, 4.69) is 34.4 Å². The van der Waals surface area contributed by atoms with Crippen LogP contribution in [0.25, 0.3) is 0 Å². The summed E-state index contributed by atoms with van der Waals surface area (Å²) in [6.07, 6.45) is -0.00472. The minimum atomic E-state index is -0.00472. The summed E-state index contributed by atoms with van der Waals surface area (Å²) in [4.78, 5) is 9.10. The Balaban J connectivity index is 2.90. The normalized spacial score (nSPS) is 12.6. The molecule has 6 heteroatoms. The molecule has 1 atom stereocenters. The van der Waals surface area contributed by atoms with Crippen molar-refractivity contribution in [2.45, 2.75) is 32.8 Å². The first kappa shape index (κ1) is 16.7. The van der Waals surface area contributed by atoms with Crippen molar-refractivity contribution in [1.82, 2.24) is 9.97 Å². The Kier molecular flexibility index (Phi) is 6.67. The molecule has 6 nitrogen and oxygen atoms in total. The SMILES string of the molecule is CNc1nc(C(C)C)nc(NCC(COC)OC)c1C. The lowest BCUT2D eigenvalue weighted by Gasteiger charge is -2.18. The third-order valence-corrected chi connectivity index (χ3v) is 3.10. The molecule has 1 unspecified atom stereocenters. The van der Waals surface area contributed by atoms with Crippen molar-refractivity contribution in [3.05, 3.63) is 11.4 Å². The maximum atomic E-state index is 5.34. The van der Waals surface area contributed by atoms with Crippen LogP contribution in [0.3, 0.4) is 0 Å². The van der Waals surface area contributed by atoms with E-state index in [-0.39, 0.29) is 12.0 Å². The third-order valence-electron chi connectivity index (χ3n) is 3.10. The Morgan fingerprint density at radius 1 is 1.15 bits per heavy atom. The van der Waals surface area contributed by atoms with Gasteiger partial charge in [0.05, 0.1) is 12.7 Å². The summed E-state index contributed by atoms with van der Waals surface area (Å²) >= 11 is 0. The molecule has 0 aliphatic heterocycles. The van der Waals surface area contributed by atoms with Gasteiger partial charge in [0.15, 0.2) is 0 Å². The monoisotopic (exact) mass is 282 g/mol. The van der Waals surface area contributed by atoms with E-state index in [0.29, 0.717) is 13.2 Å². The number of methoxy groups -OCH3 is 2. The zero-order valence-electron chi connectivity index (χ0n) is 13.3. The van der Waals surface area contributed by atoms with Crippen LogP contribution in [0.2, 0.25) is 0 Å². The molecule has 2 N–H and O–H groups in total. The fourth-order valence-corrected chi connectivity index (χ4v) is 1.81. The van der Waals surface area contributed by atoms with E-state index in [9.17, 15) is 0 Å². The minimum Gasteiger partial charge on any atom is -0.382 e. The molecule has 114 valence electrons. The number of anilines is 2. The molecule has 0 fully saturated rings. The lowest BCUT2D eigenvalue weighted by atomic mass is 10.2. The van der Waals surface area contributed by atoms with Gasteiger partial charge in [0.1, 0.15) is 17.5 Å². The topological polar surface area (TPSA) is 68.3 Å². The van der Waals surface area contributed by atoms with Gasteiger partial charge in [0.2, 0.25) is 0 Å². The van der Waals surface area contributed by atoms with Crippen LogP contribution in [0, 0.1) is 6.92 Å². The highest BCUT2D eigenvalue weighted by molar-refractivity contribution is 5.57. The first-order chi connectivity index (χ1) is 9.53. The summed E-state index contributed by atoms with van der Waals surface area (Å²) in [5, 5.41) is 6.43. The van der Waals surface area contributed by atoms with Crippen molar-refractivity contribution < 1.29 is 9.47 Å². The zero-order chi connectivity index (χ0) is 15.1. The van der Waals surface area contributed by atoms with Crippen molar-refractivity contribution in [2.24, 2.45) is 0 Å². The predicted molar refractivity (Wildman–Crippen MR) is 81.6 cm³/mol. The largest absolute Gasteiger partial charge is 0.382 e. The molecule has 0 radical (unpaired) electrons. The first-order valence-corrected chi connectivity index (χ1v) is 6.85. The number of aromatic nitrogens is 2. The van der Waals surface area contributed by atoms with Gasteiger partial charge in [-0.3, -0.25) is 0 Å². The standard InChI is InChI=1S/C14H26N4O2/c1-9(2)12-17-13(15-4)10(3)14(18-12)16-7-11(20-6)8-19-5/h9,11H,7-8H2,1-6H3,(H2,15,16,17,18). The second-order valence-electron chi connectivity index (χ2n) is 5.00. The van der Waals surface area contributed by atoms with Crippen LogP contribution in [0.5, 0.6) is 0 Å². The van der Waals surface area contributed by atoms with Gasteiger partial charge < -0.3 is 20.1 Å². The smallest absolute Gasteiger partial charge is 0.135 e. The molecule has 1 aromatic heterocycles. The molecule has 0 saturated heterocycles. The molecule has 0 aliphatic rings. The van der Waals surface area contributed by atoms with Gasteiger partial charge in [0, 0.05) is 39.3 Å². The summed E-state index contributed by atoms with van der Waals surface area (Å²) in [7, 11) is 5.21. The molecule has 0 spiro atoms. The van der Waals surface area contributed by atoms with E-state index < -0.39 is 0 Å². The summed E-state index contributed by atoms with van der Waals surface area (Å²) in [6.45, 7) is 7.34. The highest BCUT2D eigenvalue weighted by atomic mass is 16.5. The fraction of sp³-hybridized carbons (Fsp3) is 0.714. The average molecular weight is 282 g/mol. The van der Waals surface area contributed by atoms with Crippen molar-refractivity contribution in [1.29, 1.82) is 0 Å². The van der Waals surface area contributed by atoms with Crippen LogP contribution in [-0.2, 0) is 9.47 Å². The van der Waals surface area contributed by atoms with Gasteiger partial charge in [-0.2, -0.15) is 0 Å². The van der Waals surface area contributed by atoms with E-state index in [1.165, 1.54) is 0 Å². The predicted octanol–water partition coefficient (Wildman–Crippen LogP) is 2.02. The summed E-state index contributed by atoms with van der Waals surface area (Å²) < 4.78 is 10.5.